The minimum absolute atomic E-state index is 0.560. The maximum atomic E-state index is 9.30. The van der Waals surface area contributed by atoms with E-state index in [2.05, 4.69) is 22.0 Å². The van der Waals surface area contributed by atoms with E-state index in [-0.39, 0.29) is 0 Å². The molecule has 0 N–H and O–H groups in total. The van der Waals surface area contributed by atoms with Crippen LogP contribution in [0.4, 0.5) is 0 Å². The fourth-order valence-corrected chi connectivity index (χ4v) is 2.52. The van der Waals surface area contributed by atoms with Crippen molar-refractivity contribution in [3.05, 3.63) is 63.1 Å². The van der Waals surface area contributed by atoms with Gasteiger partial charge in [0, 0.05) is 5.02 Å². The molecule has 0 aliphatic carbocycles. The van der Waals surface area contributed by atoms with Crippen molar-refractivity contribution in [2.45, 2.75) is 0 Å². The summed E-state index contributed by atoms with van der Waals surface area (Å²) in [5.41, 5.74) is 2.27. The molecule has 2 nitrogen and oxygen atoms in total. The quantitative estimate of drug-likeness (QED) is 0.566. The average molecular weight is 349 g/mol. The Morgan fingerprint density at radius 3 is 2.70 bits per heavy atom. The lowest BCUT2D eigenvalue weighted by Crippen LogP contribution is -1.86. The Morgan fingerprint density at radius 2 is 2.10 bits per heavy atom. The molecule has 0 aromatic heterocycles. The van der Waals surface area contributed by atoms with Gasteiger partial charge in [-0.25, -0.2) is 0 Å². The highest BCUT2D eigenvalue weighted by molar-refractivity contribution is 9.10. The molecule has 0 spiro atoms. The van der Waals surface area contributed by atoms with Gasteiger partial charge in [-0.1, -0.05) is 29.8 Å². The van der Waals surface area contributed by atoms with E-state index in [4.69, 9.17) is 16.3 Å². The first-order chi connectivity index (χ1) is 9.63. The number of ether oxygens (including phenoxy) is 1. The summed E-state index contributed by atoms with van der Waals surface area (Å²) in [5, 5.41) is 9.91. The first-order valence-corrected chi connectivity index (χ1v) is 7.02. The molecule has 2 aromatic carbocycles. The van der Waals surface area contributed by atoms with Gasteiger partial charge in [0.2, 0.25) is 0 Å². The number of allylic oxidation sites excluding steroid dienone is 1. The average Bonchev–Trinajstić information content (AvgIpc) is 2.45. The monoisotopic (exact) mass is 347 g/mol. The van der Waals surface area contributed by atoms with Crippen LogP contribution in [0, 0.1) is 11.3 Å². The number of nitrogens with zero attached hydrogens (tertiary/aromatic N) is 1. The predicted octanol–water partition coefficient (Wildman–Crippen LogP) is 5.18. The summed E-state index contributed by atoms with van der Waals surface area (Å²) in [7, 11) is 1.61. The van der Waals surface area contributed by atoms with Gasteiger partial charge in [-0.3, -0.25) is 0 Å². The van der Waals surface area contributed by atoms with Gasteiger partial charge in [0.1, 0.15) is 5.75 Å². The van der Waals surface area contributed by atoms with Crippen molar-refractivity contribution in [2.75, 3.05) is 7.11 Å². The van der Waals surface area contributed by atoms with Crippen LogP contribution < -0.4 is 4.74 Å². The van der Waals surface area contributed by atoms with Gasteiger partial charge >= 0.3 is 0 Å². The lowest BCUT2D eigenvalue weighted by molar-refractivity contribution is 0.412. The number of rotatable bonds is 3. The second-order valence-electron chi connectivity index (χ2n) is 4.07. The molecule has 0 atom stereocenters. The van der Waals surface area contributed by atoms with Gasteiger partial charge in [-0.05, 0) is 57.4 Å². The zero-order valence-corrected chi connectivity index (χ0v) is 13.1. The van der Waals surface area contributed by atoms with E-state index in [1.807, 2.05) is 36.4 Å². The summed E-state index contributed by atoms with van der Waals surface area (Å²) in [6.07, 6.45) is 1.82. The van der Waals surface area contributed by atoms with Crippen molar-refractivity contribution in [1.29, 1.82) is 5.26 Å². The topological polar surface area (TPSA) is 33.0 Å². The number of nitriles is 1. The highest BCUT2D eigenvalue weighted by Crippen LogP contribution is 2.28. The lowest BCUT2D eigenvalue weighted by atomic mass is 10.0. The van der Waals surface area contributed by atoms with Crippen molar-refractivity contribution >= 4 is 39.2 Å². The maximum absolute atomic E-state index is 9.30. The Morgan fingerprint density at radius 1 is 1.30 bits per heavy atom. The SMILES string of the molecule is COc1ccc(/C=C(/C#N)c2cccc(Cl)c2)cc1Br. The van der Waals surface area contributed by atoms with E-state index in [0.717, 1.165) is 21.3 Å². The molecule has 2 aromatic rings. The molecule has 2 rings (SSSR count). The van der Waals surface area contributed by atoms with E-state index in [0.29, 0.717) is 10.6 Å². The molecule has 4 heteroatoms. The van der Waals surface area contributed by atoms with E-state index >= 15 is 0 Å². The number of halogens is 2. The Kier molecular flexibility index (Phi) is 4.84. The summed E-state index contributed by atoms with van der Waals surface area (Å²) in [5.74, 6) is 0.753. The Labute approximate surface area is 131 Å². The Bertz CT molecular complexity index is 704. The van der Waals surface area contributed by atoms with Gasteiger partial charge in [-0.15, -0.1) is 0 Å². The molecule has 0 saturated heterocycles. The van der Waals surface area contributed by atoms with Gasteiger partial charge in [0.05, 0.1) is 23.2 Å². The molecule has 0 aliphatic heterocycles. The smallest absolute Gasteiger partial charge is 0.133 e. The van der Waals surface area contributed by atoms with Gasteiger partial charge in [-0.2, -0.15) is 5.26 Å². The fraction of sp³-hybridized carbons (Fsp3) is 0.0625. The highest BCUT2D eigenvalue weighted by atomic mass is 79.9. The summed E-state index contributed by atoms with van der Waals surface area (Å²) in [4.78, 5) is 0. The second kappa shape index (κ2) is 6.60. The molecule has 0 radical (unpaired) electrons. The summed E-state index contributed by atoms with van der Waals surface area (Å²) in [6.45, 7) is 0. The summed E-state index contributed by atoms with van der Waals surface area (Å²) in [6, 6.07) is 15.1. The molecule has 0 fully saturated rings. The second-order valence-corrected chi connectivity index (χ2v) is 5.36. The van der Waals surface area contributed by atoms with Crippen molar-refractivity contribution in [2.24, 2.45) is 0 Å². The van der Waals surface area contributed by atoms with Gasteiger partial charge in [0.25, 0.3) is 0 Å². The number of methoxy groups -OCH3 is 1. The van der Waals surface area contributed by atoms with Crippen LogP contribution in [-0.2, 0) is 0 Å². The van der Waals surface area contributed by atoms with E-state index in [9.17, 15) is 5.26 Å². The molecular weight excluding hydrogens is 338 g/mol. The molecule has 0 unspecified atom stereocenters. The van der Waals surface area contributed by atoms with Crippen LogP contribution in [0.1, 0.15) is 11.1 Å². The largest absolute Gasteiger partial charge is 0.496 e. The molecule has 0 aliphatic rings. The van der Waals surface area contributed by atoms with Crippen LogP contribution in [0.2, 0.25) is 5.02 Å². The van der Waals surface area contributed by atoms with Crippen LogP contribution >= 0.6 is 27.5 Å². The van der Waals surface area contributed by atoms with E-state index in [1.165, 1.54) is 0 Å². The zero-order chi connectivity index (χ0) is 14.5. The fourth-order valence-electron chi connectivity index (χ4n) is 1.78. The number of hydrogen-bond donors (Lipinski definition) is 0. The molecule has 20 heavy (non-hydrogen) atoms. The third kappa shape index (κ3) is 3.41. The molecule has 100 valence electrons. The highest BCUT2D eigenvalue weighted by Gasteiger charge is 2.04. The third-order valence-corrected chi connectivity index (χ3v) is 3.60. The molecule has 0 heterocycles. The van der Waals surface area contributed by atoms with Crippen LogP contribution in [0.25, 0.3) is 11.6 Å². The van der Waals surface area contributed by atoms with E-state index in [1.54, 1.807) is 19.2 Å². The maximum Gasteiger partial charge on any atom is 0.133 e. The molecule has 0 saturated carbocycles. The van der Waals surface area contributed by atoms with E-state index < -0.39 is 0 Å². The van der Waals surface area contributed by atoms with Crippen molar-refractivity contribution < 1.29 is 4.74 Å². The van der Waals surface area contributed by atoms with Crippen molar-refractivity contribution in [3.8, 4) is 11.8 Å². The van der Waals surface area contributed by atoms with Crippen molar-refractivity contribution in [3.63, 3.8) is 0 Å². The molecule has 0 bridgehead atoms. The Balaban J connectivity index is 2.42. The summed E-state index contributed by atoms with van der Waals surface area (Å²) >= 11 is 9.38. The van der Waals surface area contributed by atoms with Crippen LogP contribution in [0.15, 0.2) is 46.9 Å². The van der Waals surface area contributed by atoms with Gasteiger partial charge in [0.15, 0.2) is 0 Å². The minimum Gasteiger partial charge on any atom is -0.496 e. The normalized spacial score (nSPS) is 11.0. The van der Waals surface area contributed by atoms with Crippen molar-refractivity contribution in [1.82, 2.24) is 0 Å². The number of benzene rings is 2. The number of hydrogen-bond acceptors (Lipinski definition) is 2. The first kappa shape index (κ1) is 14.6. The lowest BCUT2D eigenvalue weighted by Gasteiger charge is -2.04. The first-order valence-electron chi connectivity index (χ1n) is 5.85. The van der Waals surface area contributed by atoms with Gasteiger partial charge < -0.3 is 4.74 Å². The zero-order valence-electron chi connectivity index (χ0n) is 10.7. The third-order valence-electron chi connectivity index (χ3n) is 2.74. The molecule has 0 amide bonds. The standard InChI is InChI=1S/C16H11BrClNO/c1-20-16-6-5-11(8-15(16)17)7-13(10-19)12-3-2-4-14(18)9-12/h2-9H,1H3/b13-7-. The summed E-state index contributed by atoms with van der Waals surface area (Å²) < 4.78 is 6.03. The predicted molar refractivity (Wildman–Crippen MR) is 85.6 cm³/mol. The van der Waals surface area contributed by atoms with Crippen LogP contribution in [0.5, 0.6) is 5.75 Å². The Hall–Kier alpha value is -1.76. The minimum atomic E-state index is 0.560. The molecular formula is C16H11BrClNO. The van der Waals surface area contributed by atoms with Crippen LogP contribution in [-0.4, -0.2) is 7.11 Å². The van der Waals surface area contributed by atoms with Crippen LogP contribution in [0.3, 0.4) is 0 Å².